The second kappa shape index (κ2) is 13.1. The molecule has 0 aliphatic heterocycles. The molecular formula is C29H34N6O6. The van der Waals surface area contributed by atoms with Crippen molar-refractivity contribution in [3.05, 3.63) is 36.4 Å². The average Bonchev–Trinajstić information content (AvgIpc) is 3.36. The number of carbonyl (C=O) groups is 2. The van der Waals surface area contributed by atoms with Gasteiger partial charge in [0.1, 0.15) is 11.5 Å². The zero-order valence-electron chi connectivity index (χ0n) is 23.6. The van der Waals surface area contributed by atoms with Crippen molar-refractivity contribution in [2.24, 2.45) is 34.6 Å². The van der Waals surface area contributed by atoms with Crippen molar-refractivity contribution < 1.29 is 29.3 Å². The first-order valence-corrected chi connectivity index (χ1v) is 13.3. The van der Waals surface area contributed by atoms with Crippen molar-refractivity contribution in [3.8, 4) is 23.3 Å². The summed E-state index contributed by atoms with van der Waals surface area (Å²) in [6, 6.07) is 10.7. The molecule has 41 heavy (non-hydrogen) atoms. The molecule has 12 nitrogen and oxygen atoms in total. The fraction of sp³-hybridized carbons (Fsp3) is 0.379. The fourth-order valence-corrected chi connectivity index (χ4v) is 4.63. The summed E-state index contributed by atoms with van der Waals surface area (Å²) in [6.07, 6.45) is 4.23. The van der Waals surface area contributed by atoms with Gasteiger partial charge in [-0.1, -0.05) is 19.3 Å². The zero-order valence-corrected chi connectivity index (χ0v) is 23.6. The van der Waals surface area contributed by atoms with E-state index in [2.05, 4.69) is 20.5 Å². The highest BCUT2D eigenvalue weighted by Crippen LogP contribution is 2.40. The molecule has 0 unspecified atom stereocenters. The third-order valence-electron chi connectivity index (χ3n) is 7.00. The standard InChI is InChI=1S/C29H34N6O6/c1-34-22-14-12-18(40-3)16-20(22)26(28(34)38)32-30-24(36)10-8-6-5-7-9-11-25(37)31-33-27-21-17-19(41-4)13-15-23(21)35(2)29(27)39/h12-17,38-39H,5-11H2,1-4H3. The minimum atomic E-state index is -0.366. The van der Waals surface area contributed by atoms with Crippen LogP contribution in [-0.4, -0.2) is 45.4 Å². The van der Waals surface area contributed by atoms with E-state index in [1.165, 1.54) is 0 Å². The Morgan fingerprint density at radius 1 is 0.683 bits per heavy atom. The number of azo groups is 2. The topological polar surface area (TPSA) is 152 Å². The number of aryl methyl sites for hydroxylation is 2. The van der Waals surface area contributed by atoms with Crippen LogP contribution in [0.2, 0.25) is 0 Å². The van der Waals surface area contributed by atoms with Crippen molar-refractivity contribution in [2.45, 2.75) is 44.9 Å². The summed E-state index contributed by atoms with van der Waals surface area (Å²) in [5.74, 6) is 0.339. The number of carbonyl (C=O) groups excluding carboxylic acids is 2. The summed E-state index contributed by atoms with van der Waals surface area (Å²) in [6.45, 7) is 0. The van der Waals surface area contributed by atoms with Crippen molar-refractivity contribution in [3.63, 3.8) is 0 Å². The quantitative estimate of drug-likeness (QED) is 0.144. The minimum Gasteiger partial charge on any atom is -0.497 e. The van der Waals surface area contributed by atoms with Gasteiger partial charge in [0.05, 0.1) is 25.3 Å². The number of rotatable bonds is 12. The lowest BCUT2D eigenvalue weighted by Gasteiger charge is -2.00. The maximum absolute atomic E-state index is 12.2. The molecule has 0 fully saturated rings. The number of hydrogen-bond acceptors (Lipinski definition) is 8. The van der Waals surface area contributed by atoms with Gasteiger partial charge in [0.15, 0.2) is 11.4 Å². The summed E-state index contributed by atoms with van der Waals surface area (Å²) in [5.41, 5.74) is 1.95. The molecular weight excluding hydrogens is 528 g/mol. The normalized spacial score (nSPS) is 11.8. The second-order valence-electron chi connectivity index (χ2n) is 9.68. The Hall–Kier alpha value is -4.74. The summed E-state index contributed by atoms with van der Waals surface area (Å²) in [5, 5.41) is 37.7. The van der Waals surface area contributed by atoms with Gasteiger partial charge in [-0.05, 0) is 49.2 Å². The van der Waals surface area contributed by atoms with E-state index in [0.29, 0.717) is 35.1 Å². The Morgan fingerprint density at radius 3 is 1.46 bits per heavy atom. The maximum atomic E-state index is 12.2. The van der Waals surface area contributed by atoms with Crippen molar-refractivity contribution in [2.75, 3.05) is 14.2 Å². The van der Waals surface area contributed by atoms with Crippen LogP contribution in [0, 0.1) is 0 Å². The summed E-state index contributed by atoms with van der Waals surface area (Å²) < 4.78 is 13.6. The highest BCUT2D eigenvalue weighted by molar-refractivity contribution is 5.97. The molecule has 216 valence electrons. The van der Waals surface area contributed by atoms with Gasteiger partial charge < -0.3 is 28.8 Å². The van der Waals surface area contributed by atoms with Crippen LogP contribution >= 0.6 is 0 Å². The maximum Gasteiger partial charge on any atom is 0.264 e. The van der Waals surface area contributed by atoms with Gasteiger partial charge in [-0.25, -0.2) is 0 Å². The average molecular weight is 563 g/mol. The van der Waals surface area contributed by atoms with Gasteiger partial charge in [0.25, 0.3) is 11.8 Å². The molecule has 0 saturated heterocycles. The number of nitrogens with zero attached hydrogens (tertiary/aromatic N) is 6. The zero-order chi connectivity index (χ0) is 29.5. The van der Waals surface area contributed by atoms with Gasteiger partial charge in [0, 0.05) is 37.7 Å². The predicted molar refractivity (Wildman–Crippen MR) is 154 cm³/mol. The smallest absolute Gasteiger partial charge is 0.264 e. The molecule has 2 N–H and O–H groups in total. The van der Waals surface area contributed by atoms with Crippen LogP contribution in [0.15, 0.2) is 56.9 Å². The molecule has 4 rings (SSSR count). The van der Waals surface area contributed by atoms with Gasteiger partial charge >= 0.3 is 0 Å². The molecule has 4 aromatic rings. The second-order valence-corrected chi connectivity index (χ2v) is 9.68. The first kappa shape index (κ1) is 29.2. The number of unbranched alkanes of at least 4 members (excludes halogenated alkanes) is 4. The van der Waals surface area contributed by atoms with Crippen LogP contribution < -0.4 is 9.47 Å². The molecule has 2 heterocycles. The molecule has 2 aromatic heterocycles. The number of aromatic hydroxyl groups is 2. The fourth-order valence-electron chi connectivity index (χ4n) is 4.63. The molecule has 0 aliphatic rings. The van der Waals surface area contributed by atoms with Gasteiger partial charge in [-0.3, -0.25) is 9.59 Å². The number of benzene rings is 2. The third kappa shape index (κ3) is 6.53. The predicted octanol–water partition coefficient (Wildman–Crippen LogP) is 6.75. The van der Waals surface area contributed by atoms with Crippen LogP contribution in [-0.2, 0) is 23.7 Å². The van der Waals surface area contributed by atoms with E-state index in [1.807, 2.05) is 0 Å². The molecule has 2 amide bonds. The molecule has 0 aliphatic carbocycles. The number of methoxy groups -OCH3 is 2. The number of ether oxygens (including phenoxy) is 2. The van der Waals surface area contributed by atoms with E-state index in [-0.39, 0.29) is 47.8 Å². The van der Waals surface area contributed by atoms with Crippen molar-refractivity contribution in [1.82, 2.24) is 9.13 Å². The number of amides is 2. The van der Waals surface area contributed by atoms with Crippen LogP contribution in [0.5, 0.6) is 23.3 Å². The Labute approximate surface area is 236 Å². The van der Waals surface area contributed by atoms with Crippen LogP contribution in [0.4, 0.5) is 11.4 Å². The minimum absolute atomic E-state index is 0.0759. The number of fused-ring (bicyclic) bond motifs is 2. The van der Waals surface area contributed by atoms with E-state index in [0.717, 1.165) is 30.3 Å². The van der Waals surface area contributed by atoms with E-state index in [1.54, 1.807) is 73.8 Å². The Kier molecular flexibility index (Phi) is 9.33. The highest BCUT2D eigenvalue weighted by atomic mass is 16.5. The third-order valence-corrected chi connectivity index (χ3v) is 7.00. The lowest BCUT2D eigenvalue weighted by Crippen LogP contribution is -1.93. The van der Waals surface area contributed by atoms with Crippen LogP contribution in [0.25, 0.3) is 21.8 Å². The Balaban J connectivity index is 1.19. The van der Waals surface area contributed by atoms with Gasteiger partial charge in [-0.2, -0.15) is 0 Å². The molecule has 0 atom stereocenters. The molecule has 0 saturated carbocycles. The number of hydrogen-bond donors (Lipinski definition) is 2. The highest BCUT2D eigenvalue weighted by Gasteiger charge is 2.17. The van der Waals surface area contributed by atoms with E-state index in [9.17, 15) is 19.8 Å². The van der Waals surface area contributed by atoms with Gasteiger partial charge in [0.2, 0.25) is 11.8 Å². The Bertz CT molecular complexity index is 1510. The lowest BCUT2D eigenvalue weighted by atomic mass is 10.1. The van der Waals surface area contributed by atoms with Crippen LogP contribution in [0.1, 0.15) is 44.9 Å². The van der Waals surface area contributed by atoms with Crippen molar-refractivity contribution >= 4 is 45.0 Å². The SMILES string of the molecule is COc1ccc2c(c1)c(N=NC(=O)CCCCCCCC(=O)N=Nc1c(O)n(C)c3ccc(OC)cc13)c(O)n2C. The summed E-state index contributed by atoms with van der Waals surface area (Å²) >= 11 is 0. The van der Waals surface area contributed by atoms with Gasteiger partial charge in [-0.15, -0.1) is 20.5 Å². The lowest BCUT2D eigenvalue weighted by molar-refractivity contribution is -0.119. The Morgan fingerprint density at radius 2 is 1.07 bits per heavy atom. The molecule has 0 bridgehead atoms. The summed E-state index contributed by atoms with van der Waals surface area (Å²) in [4.78, 5) is 24.5. The molecule has 2 aromatic carbocycles. The first-order valence-electron chi connectivity index (χ1n) is 13.3. The largest absolute Gasteiger partial charge is 0.497 e. The summed E-state index contributed by atoms with van der Waals surface area (Å²) in [7, 11) is 6.51. The van der Waals surface area contributed by atoms with Crippen LogP contribution in [0.3, 0.4) is 0 Å². The first-order chi connectivity index (χ1) is 19.7. The molecule has 0 radical (unpaired) electrons. The van der Waals surface area contributed by atoms with E-state index >= 15 is 0 Å². The van der Waals surface area contributed by atoms with E-state index in [4.69, 9.17) is 9.47 Å². The molecule has 0 spiro atoms. The van der Waals surface area contributed by atoms with Crippen molar-refractivity contribution in [1.29, 1.82) is 0 Å². The number of aromatic nitrogens is 2. The molecule has 12 heteroatoms. The monoisotopic (exact) mass is 562 g/mol. The van der Waals surface area contributed by atoms with E-state index < -0.39 is 0 Å².